The van der Waals surface area contributed by atoms with Gasteiger partial charge in [-0.2, -0.15) is 0 Å². The van der Waals surface area contributed by atoms with Gasteiger partial charge in [-0.05, 0) is 37.5 Å². The molecule has 2 fully saturated rings. The fourth-order valence-corrected chi connectivity index (χ4v) is 3.52. The van der Waals surface area contributed by atoms with Crippen molar-refractivity contribution in [3.8, 4) is 5.75 Å². The number of rotatable bonds is 4. The Kier molecular flexibility index (Phi) is 5.15. The van der Waals surface area contributed by atoms with Gasteiger partial charge in [0.25, 0.3) is 5.91 Å². The highest BCUT2D eigenvalue weighted by Crippen LogP contribution is 2.30. The summed E-state index contributed by atoms with van der Waals surface area (Å²) in [6.07, 6.45) is 4.16. The van der Waals surface area contributed by atoms with Crippen LogP contribution in [0.2, 0.25) is 0 Å². The minimum atomic E-state index is -1.18. The van der Waals surface area contributed by atoms with Crippen LogP contribution in [0.15, 0.2) is 24.3 Å². The van der Waals surface area contributed by atoms with Gasteiger partial charge in [-0.1, -0.05) is 25.0 Å². The molecule has 1 atom stereocenters. The quantitative estimate of drug-likeness (QED) is 0.833. The van der Waals surface area contributed by atoms with Gasteiger partial charge in [-0.15, -0.1) is 0 Å². The Morgan fingerprint density at radius 1 is 1.12 bits per heavy atom. The highest BCUT2D eigenvalue weighted by atomic mass is 16.5. The lowest BCUT2D eigenvalue weighted by Crippen LogP contribution is -2.44. The van der Waals surface area contributed by atoms with Crippen LogP contribution < -0.4 is 10.1 Å². The fourth-order valence-electron chi connectivity index (χ4n) is 3.52. The second kappa shape index (κ2) is 7.35. The number of ether oxygens (including phenoxy) is 1. The molecule has 0 bridgehead atoms. The van der Waals surface area contributed by atoms with Gasteiger partial charge < -0.3 is 15.0 Å². The number of urea groups is 1. The van der Waals surface area contributed by atoms with E-state index in [4.69, 9.17) is 4.74 Å². The molecular formula is C19H25N3O4. The van der Waals surface area contributed by atoms with Gasteiger partial charge in [0.05, 0.1) is 7.11 Å². The molecule has 2 aliphatic heterocycles. The van der Waals surface area contributed by atoms with Crippen LogP contribution in [0.25, 0.3) is 0 Å². The summed E-state index contributed by atoms with van der Waals surface area (Å²) >= 11 is 0. The molecule has 1 N–H and O–H groups in total. The van der Waals surface area contributed by atoms with E-state index in [0.29, 0.717) is 24.4 Å². The Morgan fingerprint density at radius 2 is 1.73 bits per heavy atom. The van der Waals surface area contributed by atoms with E-state index < -0.39 is 17.5 Å². The van der Waals surface area contributed by atoms with Crippen molar-refractivity contribution >= 4 is 17.8 Å². The number of carbonyl (C=O) groups excluding carboxylic acids is 3. The third-order valence-corrected chi connectivity index (χ3v) is 5.19. The number of methoxy groups -OCH3 is 1. The van der Waals surface area contributed by atoms with E-state index in [-0.39, 0.29) is 12.5 Å². The van der Waals surface area contributed by atoms with Crippen LogP contribution in [0.5, 0.6) is 5.75 Å². The zero-order valence-corrected chi connectivity index (χ0v) is 15.3. The summed E-state index contributed by atoms with van der Waals surface area (Å²) in [5.74, 6) is 0.0903. The molecule has 3 rings (SSSR count). The monoisotopic (exact) mass is 359 g/mol. The maximum Gasteiger partial charge on any atom is 0.325 e. The predicted octanol–water partition coefficient (Wildman–Crippen LogP) is 1.86. The number of likely N-dealkylation sites (tertiary alicyclic amines) is 1. The zero-order chi connectivity index (χ0) is 18.7. The van der Waals surface area contributed by atoms with E-state index in [9.17, 15) is 14.4 Å². The van der Waals surface area contributed by atoms with E-state index in [1.165, 1.54) is 0 Å². The molecule has 0 radical (unpaired) electrons. The van der Waals surface area contributed by atoms with Crippen molar-refractivity contribution in [1.82, 2.24) is 15.1 Å². The summed E-state index contributed by atoms with van der Waals surface area (Å²) in [5.41, 5.74) is -0.524. The van der Waals surface area contributed by atoms with Crippen LogP contribution in [-0.4, -0.2) is 54.4 Å². The van der Waals surface area contributed by atoms with E-state index in [1.807, 2.05) is 0 Å². The third-order valence-electron chi connectivity index (χ3n) is 5.19. The minimum Gasteiger partial charge on any atom is -0.497 e. The highest BCUT2D eigenvalue weighted by molar-refractivity contribution is 6.09. The summed E-state index contributed by atoms with van der Waals surface area (Å²) in [7, 11) is 1.56. The lowest BCUT2D eigenvalue weighted by atomic mass is 9.92. The molecule has 2 aliphatic rings. The second-order valence-electron chi connectivity index (χ2n) is 6.97. The van der Waals surface area contributed by atoms with Crippen LogP contribution in [0.3, 0.4) is 0 Å². The van der Waals surface area contributed by atoms with Crippen LogP contribution in [0.1, 0.15) is 38.2 Å². The van der Waals surface area contributed by atoms with Crippen LogP contribution in [0.4, 0.5) is 4.79 Å². The van der Waals surface area contributed by atoms with Gasteiger partial charge in [0.2, 0.25) is 5.91 Å². The summed E-state index contributed by atoms with van der Waals surface area (Å²) in [5, 5.41) is 2.73. The van der Waals surface area contributed by atoms with Crippen molar-refractivity contribution in [3.05, 3.63) is 29.8 Å². The number of hydrogen-bond donors (Lipinski definition) is 1. The number of carbonyl (C=O) groups is 3. The first kappa shape index (κ1) is 18.2. The Morgan fingerprint density at radius 3 is 2.31 bits per heavy atom. The molecule has 7 heteroatoms. The summed E-state index contributed by atoms with van der Waals surface area (Å²) in [6, 6.07) is 6.45. The number of nitrogens with zero attached hydrogens (tertiary/aromatic N) is 2. The molecule has 26 heavy (non-hydrogen) atoms. The molecule has 0 unspecified atom stereocenters. The van der Waals surface area contributed by atoms with Crippen molar-refractivity contribution in [2.45, 2.75) is 38.1 Å². The van der Waals surface area contributed by atoms with Crippen LogP contribution in [-0.2, 0) is 15.1 Å². The Labute approximate surface area is 153 Å². The fraction of sp³-hybridized carbons (Fsp3) is 0.526. The van der Waals surface area contributed by atoms with Gasteiger partial charge >= 0.3 is 6.03 Å². The summed E-state index contributed by atoms with van der Waals surface area (Å²) in [4.78, 5) is 40.7. The normalized spacial score (nSPS) is 23.6. The molecular weight excluding hydrogens is 334 g/mol. The van der Waals surface area contributed by atoms with Crippen LogP contribution in [0, 0.1) is 0 Å². The van der Waals surface area contributed by atoms with Crippen LogP contribution >= 0.6 is 0 Å². The first-order valence-electron chi connectivity index (χ1n) is 9.02. The zero-order valence-electron chi connectivity index (χ0n) is 15.3. The van der Waals surface area contributed by atoms with Gasteiger partial charge in [-0.3, -0.25) is 14.5 Å². The average molecular weight is 359 g/mol. The molecule has 2 heterocycles. The minimum absolute atomic E-state index is 0.172. The van der Waals surface area contributed by atoms with E-state index >= 15 is 0 Å². The molecule has 7 nitrogen and oxygen atoms in total. The third kappa shape index (κ3) is 3.38. The second-order valence-corrected chi connectivity index (χ2v) is 6.97. The average Bonchev–Trinajstić information content (AvgIpc) is 2.86. The molecule has 0 aromatic heterocycles. The SMILES string of the molecule is COc1ccc([C@@]2(C)NC(=O)N(CC(=O)N3CCCCCC3)C2=O)cc1. The van der Waals surface area contributed by atoms with Crippen molar-refractivity contribution in [2.75, 3.05) is 26.7 Å². The number of nitrogens with one attached hydrogen (secondary N) is 1. The molecule has 1 aromatic rings. The Balaban J connectivity index is 1.74. The summed E-state index contributed by atoms with van der Waals surface area (Å²) in [6.45, 7) is 2.83. The number of imide groups is 1. The van der Waals surface area contributed by atoms with Crippen molar-refractivity contribution in [3.63, 3.8) is 0 Å². The van der Waals surface area contributed by atoms with E-state index in [1.54, 1.807) is 43.2 Å². The highest BCUT2D eigenvalue weighted by Gasteiger charge is 2.49. The predicted molar refractivity (Wildman–Crippen MR) is 95.6 cm³/mol. The smallest absolute Gasteiger partial charge is 0.325 e. The molecule has 140 valence electrons. The number of benzene rings is 1. The first-order chi connectivity index (χ1) is 12.5. The first-order valence-corrected chi connectivity index (χ1v) is 9.02. The van der Waals surface area contributed by atoms with Crippen molar-refractivity contribution in [2.24, 2.45) is 0 Å². The largest absolute Gasteiger partial charge is 0.497 e. The summed E-state index contributed by atoms with van der Waals surface area (Å²) < 4.78 is 5.13. The van der Waals surface area contributed by atoms with Crippen molar-refractivity contribution in [1.29, 1.82) is 0 Å². The van der Waals surface area contributed by atoms with Gasteiger partial charge in [0, 0.05) is 13.1 Å². The standard InChI is InChI=1S/C19H25N3O4/c1-19(14-7-9-15(26-2)10-8-14)17(24)22(18(25)20-19)13-16(23)21-11-5-3-4-6-12-21/h7-10H,3-6,11-13H2,1-2H3,(H,20,25)/t19-/m1/s1. The maximum atomic E-state index is 12.9. The molecule has 0 spiro atoms. The van der Waals surface area contributed by atoms with E-state index in [0.717, 1.165) is 30.6 Å². The Bertz CT molecular complexity index is 695. The lowest BCUT2D eigenvalue weighted by Gasteiger charge is -2.24. The van der Waals surface area contributed by atoms with Gasteiger partial charge in [-0.25, -0.2) is 4.79 Å². The molecule has 2 saturated heterocycles. The van der Waals surface area contributed by atoms with Gasteiger partial charge in [0.1, 0.15) is 17.8 Å². The lowest BCUT2D eigenvalue weighted by molar-refractivity contribution is -0.138. The maximum absolute atomic E-state index is 12.9. The number of hydrogen-bond acceptors (Lipinski definition) is 4. The Hall–Kier alpha value is -2.57. The van der Waals surface area contributed by atoms with Gasteiger partial charge in [0.15, 0.2) is 0 Å². The van der Waals surface area contributed by atoms with Crippen molar-refractivity contribution < 1.29 is 19.1 Å². The topological polar surface area (TPSA) is 79.0 Å². The molecule has 0 aliphatic carbocycles. The molecule has 0 saturated carbocycles. The number of amides is 4. The van der Waals surface area contributed by atoms with E-state index in [2.05, 4.69) is 5.32 Å². The molecule has 1 aromatic carbocycles. The molecule has 4 amide bonds.